The van der Waals surface area contributed by atoms with Gasteiger partial charge in [-0.3, -0.25) is 0 Å². The first-order valence-electron chi connectivity index (χ1n) is 5.24. The Bertz CT molecular complexity index is 173. The molecule has 0 aliphatic carbocycles. The predicted molar refractivity (Wildman–Crippen MR) is 57.8 cm³/mol. The molecular weight excluding hydrogens is 180 g/mol. The third-order valence-electron chi connectivity index (χ3n) is 2.90. The molecule has 1 atom stereocenters. The molecule has 0 aromatic carbocycles. The Morgan fingerprint density at radius 3 is 3.00 bits per heavy atom. The molecule has 12 heavy (non-hydrogen) atoms. The van der Waals surface area contributed by atoms with E-state index in [0.29, 0.717) is 0 Å². The van der Waals surface area contributed by atoms with Crippen molar-refractivity contribution in [2.24, 2.45) is 0 Å². The van der Waals surface area contributed by atoms with E-state index in [1.807, 2.05) is 0 Å². The van der Waals surface area contributed by atoms with Gasteiger partial charge < -0.3 is 4.43 Å². The van der Waals surface area contributed by atoms with Crippen molar-refractivity contribution in [3.8, 4) is 0 Å². The maximum atomic E-state index is 5.88. The highest BCUT2D eigenvalue weighted by molar-refractivity contribution is 6.78. The van der Waals surface area contributed by atoms with Crippen LogP contribution in [0.5, 0.6) is 0 Å². The van der Waals surface area contributed by atoms with Crippen molar-refractivity contribution < 1.29 is 4.43 Å². The van der Waals surface area contributed by atoms with Crippen molar-refractivity contribution in [2.45, 2.75) is 43.4 Å². The Kier molecular flexibility index (Phi) is 3.31. The standard InChI is InChI=1S/C9H18OSi2/c1-2-8-12(10-5-1)9-11-6-3-4-7-11/h6,12H,1-5,7-9H2. The van der Waals surface area contributed by atoms with Crippen LogP contribution in [-0.2, 0) is 4.43 Å². The number of rotatable bonds is 2. The van der Waals surface area contributed by atoms with Gasteiger partial charge in [0.05, 0.1) is 0 Å². The van der Waals surface area contributed by atoms with E-state index in [2.05, 4.69) is 5.67 Å². The lowest BCUT2D eigenvalue weighted by atomic mass is 10.4. The zero-order valence-corrected chi connectivity index (χ0v) is 9.87. The lowest BCUT2D eigenvalue weighted by Gasteiger charge is -2.21. The Morgan fingerprint density at radius 1 is 1.33 bits per heavy atom. The maximum absolute atomic E-state index is 5.88. The smallest absolute Gasteiger partial charge is 0.177 e. The number of hydrogen-bond acceptors (Lipinski definition) is 1. The first-order chi connectivity index (χ1) is 5.95. The Balaban J connectivity index is 1.77. The van der Waals surface area contributed by atoms with Gasteiger partial charge in [0.15, 0.2) is 9.04 Å². The van der Waals surface area contributed by atoms with Crippen molar-refractivity contribution >= 4 is 23.1 Å². The van der Waals surface area contributed by atoms with Gasteiger partial charge in [0.25, 0.3) is 0 Å². The fourth-order valence-corrected chi connectivity index (χ4v) is 10.2. The first kappa shape index (κ1) is 8.84. The third-order valence-corrected chi connectivity index (χ3v) is 10.4. The van der Waals surface area contributed by atoms with E-state index in [9.17, 15) is 0 Å². The normalized spacial score (nSPS) is 30.3. The summed E-state index contributed by atoms with van der Waals surface area (Å²) in [5.74, 6) is 0. The summed E-state index contributed by atoms with van der Waals surface area (Å²) >= 11 is 0. The molecule has 0 bridgehead atoms. The van der Waals surface area contributed by atoms with E-state index >= 15 is 0 Å². The number of hydrogen-bond donors (Lipinski definition) is 0. The third kappa shape index (κ3) is 2.37. The van der Waals surface area contributed by atoms with E-state index < -0.39 is 9.04 Å². The van der Waals surface area contributed by atoms with Crippen LogP contribution in [0.1, 0.15) is 25.7 Å². The zero-order valence-electron chi connectivity index (χ0n) is 7.72. The van der Waals surface area contributed by atoms with Gasteiger partial charge in [-0.1, -0.05) is 6.42 Å². The average Bonchev–Trinajstić information content (AvgIpc) is 2.59. The highest BCUT2D eigenvalue weighted by Gasteiger charge is 2.19. The highest BCUT2D eigenvalue weighted by Crippen LogP contribution is 2.17. The summed E-state index contributed by atoms with van der Waals surface area (Å²) in [4.78, 5) is 0. The second kappa shape index (κ2) is 4.49. The minimum absolute atomic E-state index is 0.000628. The summed E-state index contributed by atoms with van der Waals surface area (Å²) in [6, 6.07) is 3.03. The van der Waals surface area contributed by atoms with Crippen LogP contribution in [-0.4, -0.2) is 29.7 Å². The van der Waals surface area contributed by atoms with Gasteiger partial charge in [-0.15, -0.1) is 5.67 Å². The first-order valence-corrected chi connectivity index (χ1v) is 9.34. The lowest BCUT2D eigenvalue weighted by Crippen LogP contribution is -2.26. The molecule has 2 heterocycles. The molecule has 68 valence electrons. The molecule has 0 radical (unpaired) electrons. The minimum atomic E-state index is -0.665. The van der Waals surface area contributed by atoms with E-state index in [1.165, 1.54) is 31.7 Å². The molecular formula is C9H18OSi2. The SMILES string of the molecule is C1=[Si](C[SiH]2CCCCO2)CCC1. The van der Waals surface area contributed by atoms with Gasteiger partial charge in [0, 0.05) is 15.0 Å². The second-order valence-electron chi connectivity index (χ2n) is 3.95. The molecule has 0 aromatic rings. The maximum Gasteiger partial charge on any atom is 0.177 e. The van der Waals surface area contributed by atoms with Crippen LogP contribution in [0.2, 0.25) is 17.8 Å². The molecule has 1 nitrogen and oxygen atoms in total. The lowest BCUT2D eigenvalue weighted by molar-refractivity contribution is 0.289. The van der Waals surface area contributed by atoms with Crippen molar-refractivity contribution in [1.29, 1.82) is 0 Å². The molecule has 0 N–H and O–H groups in total. The topological polar surface area (TPSA) is 9.23 Å². The fraction of sp³-hybridized carbons (Fsp3) is 0.889. The van der Waals surface area contributed by atoms with Gasteiger partial charge in [0.2, 0.25) is 0 Å². The van der Waals surface area contributed by atoms with Crippen LogP contribution in [0.15, 0.2) is 0 Å². The molecule has 0 saturated carbocycles. The van der Waals surface area contributed by atoms with Gasteiger partial charge >= 0.3 is 0 Å². The minimum Gasteiger partial charge on any atom is -0.420 e. The fourth-order valence-electron chi connectivity index (χ4n) is 2.18. The zero-order chi connectivity index (χ0) is 8.23. The van der Waals surface area contributed by atoms with Crippen LogP contribution in [0.3, 0.4) is 0 Å². The molecule has 2 aliphatic heterocycles. The van der Waals surface area contributed by atoms with Crippen molar-refractivity contribution in [3.05, 3.63) is 0 Å². The van der Waals surface area contributed by atoms with Gasteiger partial charge in [-0.25, -0.2) is 0 Å². The highest BCUT2D eigenvalue weighted by atomic mass is 28.3. The van der Waals surface area contributed by atoms with E-state index in [1.54, 1.807) is 11.7 Å². The largest absolute Gasteiger partial charge is 0.420 e. The van der Waals surface area contributed by atoms with E-state index in [0.717, 1.165) is 6.61 Å². The molecule has 3 heteroatoms. The quantitative estimate of drug-likeness (QED) is 0.614. The predicted octanol–water partition coefficient (Wildman–Crippen LogP) is 1.73. The van der Waals surface area contributed by atoms with Crippen LogP contribution >= 0.6 is 0 Å². The van der Waals surface area contributed by atoms with Crippen LogP contribution in [0.25, 0.3) is 0 Å². The summed E-state index contributed by atoms with van der Waals surface area (Å²) in [6.07, 6.45) is 5.69. The van der Waals surface area contributed by atoms with E-state index in [-0.39, 0.29) is 8.41 Å². The summed E-state index contributed by atoms with van der Waals surface area (Å²) in [5.41, 5.74) is 4.18. The van der Waals surface area contributed by atoms with Crippen LogP contribution in [0, 0.1) is 0 Å². The average molecular weight is 198 g/mol. The van der Waals surface area contributed by atoms with Crippen LogP contribution in [0.4, 0.5) is 0 Å². The monoisotopic (exact) mass is 198 g/mol. The molecule has 1 unspecified atom stereocenters. The molecule has 1 saturated heterocycles. The summed E-state index contributed by atoms with van der Waals surface area (Å²) < 4.78 is 5.88. The Labute approximate surface area is 78.1 Å². The van der Waals surface area contributed by atoms with Gasteiger partial charge in [-0.2, -0.15) is 0 Å². The summed E-state index contributed by atoms with van der Waals surface area (Å²) in [5, 5.41) is 0. The van der Waals surface area contributed by atoms with Crippen LogP contribution < -0.4 is 0 Å². The molecule has 0 aromatic heterocycles. The molecule has 0 amide bonds. The Morgan fingerprint density at radius 2 is 2.33 bits per heavy atom. The molecule has 1 fully saturated rings. The molecule has 0 spiro atoms. The van der Waals surface area contributed by atoms with Gasteiger partial charge in [0.1, 0.15) is 0 Å². The van der Waals surface area contributed by atoms with E-state index in [4.69, 9.17) is 4.43 Å². The Hall–Kier alpha value is 0.264. The summed E-state index contributed by atoms with van der Waals surface area (Å²) in [7, 11) is -0.665. The van der Waals surface area contributed by atoms with Crippen molar-refractivity contribution in [1.82, 2.24) is 0 Å². The van der Waals surface area contributed by atoms with Gasteiger partial charge in [-0.05, 0) is 37.0 Å². The molecule has 2 rings (SSSR count). The summed E-state index contributed by atoms with van der Waals surface area (Å²) in [6.45, 7) is 1.09. The molecule has 2 aliphatic rings. The second-order valence-corrected chi connectivity index (χ2v) is 9.96. The van der Waals surface area contributed by atoms with Crippen molar-refractivity contribution in [3.63, 3.8) is 0 Å². The van der Waals surface area contributed by atoms with Crippen molar-refractivity contribution in [2.75, 3.05) is 6.61 Å².